The van der Waals surface area contributed by atoms with Crippen LogP contribution in [0.3, 0.4) is 0 Å². The Balaban J connectivity index is 1.58. The molecule has 156 valence electrons. The van der Waals surface area contributed by atoms with Crippen molar-refractivity contribution in [2.24, 2.45) is 0 Å². The number of ether oxygens (including phenoxy) is 5. The van der Waals surface area contributed by atoms with E-state index in [1.54, 1.807) is 0 Å². The number of nitrogens with zero attached hydrogens (tertiary/aromatic N) is 1. The highest BCUT2D eigenvalue weighted by Crippen LogP contribution is 2.45. The normalized spacial score (nSPS) is 36.7. The van der Waals surface area contributed by atoms with Gasteiger partial charge in [0.05, 0.1) is 6.61 Å². The third kappa shape index (κ3) is 3.98. The summed E-state index contributed by atoms with van der Waals surface area (Å²) >= 11 is 0. The van der Waals surface area contributed by atoms with Crippen LogP contribution in [-0.4, -0.2) is 72.2 Å². The molecule has 0 amide bonds. The van der Waals surface area contributed by atoms with Crippen LogP contribution in [0.25, 0.3) is 0 Å². The van der Waals surface area contributed by atoms with E-state index in [1.807, 2.05) is 44.2 Å². The maximum Gasteiger partial charge on any atom is 0.190 e. The zero-order valence-corrected chi connectivity index (χ0v) is 17.0. The van der Waals surface area contributed by atoms with Crippen LogP contribution in [-0.2, 0) is 23.7 Å². The Morgan fingerprint density at radius 1 is 1.00 bits per heavy atom. The zero-order chi connectivity index (χ0) is 19.9. The molecular formula is C21H31NO6. The summed E-state index contributed by atoms with van der Waals surface area (Å²) in [5, 5.41) is 9.44. The average Bonchev–Trinajstić information content (AvgIpc) is 3.14. The van der Waals surface area contributed by atoms with Gasteiger partial charge in [0.15, 0.2) is 18.4 Å². The van der Waals surface area contributed by atoms with Crippen molar-refractivity contribution < 1.29 is 28.8 Å². The first-order valence-corrected chi connectivity index (χ1v) is 10.1. The van der Waals surface area contributed by atoms with Gasteiger partial charge in [0.2, 0.25) is 0 Å². The van der Waals surface area contributed by atoms with Gasteiger partial charge < -0.3 is 28.8 Å². The highest BCUT2D eigenvalue weighted by molar-refractivity contribution is 5.17. The molecule has 3 saturated heterocycles. The second-order valence-electron chi connectivity index (χ2n) is 8.40. The molecule has 0 radical (unpaired) electrons. The van der Waals surface area contributed by atoms with Gasteiger partial charge in [0.25, 0.3) is 0 Å². The molecule has 6 atom stereocenters. The van der Waals surface area contributed by atoms with Crippen LogP contribution in [0, 0.1) is 0 Å². The monoisotopic (exact) mass is 393 g/mol. The van der Waals surface area contributed by atoms with Crippen molar-refractivity contribution in [1.82, 2.24) is 4.90 Å². The molecule has 0 spiro atoms. The molecule has 3 aliphatic heterocycles. The zero-order valence-electron chi connectivity index (χ0n) is 17.0. The van der Waals surface area contributed by atoms with Crippen molar-refractivity contribution in [2.45, 2.75) is 76.5 Å². The molecule has 1 aromatic rings. The molecule has 1 N–H and O–H groups in total. The van der Waals surface area contributed by atoms with Gasteiger partial charge in [-0.1, -0.05) is 30.3 Å². The second kappa shape index (κ2) is 7.99. The molecule has 7 nitrogen and oxygen atoms in total. The molecule has 4 rings (SSSR count). The Bertz CT molecular complexity index is 654. The van der Waals surface area contributed by atoms with E-state index in [0.29, 0.717) is 13.1 Å². The number of rotatable bonds is 6. The van der Waals surface area contributed by atoms with Gasteiger partial charge >= 0.3 is 0 Å². The summed E-state index contributed by atoms with van der Waals surface area (Å²) in [7, 11) is 0. The number of benzene rings is 1. The van der Waals surface area contributed by atoms with E-state index in [1.165, 1.54) is 0 Å². The number of fused-ring (bicyclic) bond motifs is 3. The van der Waals surface area contributed by atoms with E-state index in [-0.39, 0.29) is 37.1 Å². The van der Waals surface area contributed by atoms with E-state index >= 15 is 0 Å². The number of aliphatic hydroxyl groups excluding tert-OH is 1. The first kappa shape index (κ1) is 20.2. The maximum atomic E-state index is 9.44. The summed E-state index contributed by atoms with van der Waals surface area (Å²) in [5.41, 5.74) is 0.964. The molecule has 0 saturated carbocycles. The number of hydrogen-bond acceptors (Lipinski definition) is 7. The highest BCUT2D eigenvalue weighted by atomic mass is 16.9. The minimum atomic E-state index is -0.694. The molecule has 3 heterocycles. The van der Waals surface area contributed by atoms with Gasteiger partial charge in [-0.05, 0) is 27.7 Å². The quantitative estimate of drug-likeness (QED) is 0.793. The fourth-order valence-electron chi connectivity index (χ4n) is 4.20. The summed E-state index contributed by atoms with van der Waals surface area (Å²) in [6.45, 7) is 9.31. The van der Waals surface area contributed by atoms with Gasteiger partial charge in [-0.25, -0.2) is 0 Å². The van der Waals surface area contributed by atoms with Crippen LogP contribution in [0.2, 0.25) is 0 Å². The summed E-state index contributed by atoms with van der Waals surface area (Å²) in [5.74, 6) is -0.694. The van der Waals surface area contributed by atoms with Gasteiger partial charge in [0.1, 0.15) is 24.4 Å². The summed E-state index contributed by atoms with van der Waals surface area (Å²) in [6.07, 6.45) is -2.03. The van der Waals surface area contributed by atoms with Crippen LogP contribution < -0.4 is 0 Å². The van der Waals surface area contributed by atoms with E-state index in [4.69, 9.17) is 23.7 Å². The van der Waals surface area contributed by atoms with Crippen molar-refractivity contribution in [3.8, 4) is 0 Å². The van der Waals surface area contributed by atoms with Crippen molar-refractivity contribution in [3.63, 3.8) is 0 Å². The fourth-order valence-corrected chi connectivity index (χ4v) is 4.20. The smallest absolute Gasteiger partial charge is 0.190 e. The van der Waals surface area contributed by atoms with Crippen LogP contribution >= 0.6 is 0 Å². The molecule has 0 aliphatic carbocycles. The molecule has 6 unspecified atom stereocenters. The summed E-state index contributed by atoms with van der Waals surface area (Å²) < 4.78 is 30.9. The summed E-state index contributed by atoms with van der Waals surface area (Å²) in [6, 6.07) is 10.2. The van der Waals surface area contributed by atoms with E-state index in [0.717, 1.165) is 5.56 Å². The lowest BCUT2D eigenvalue weighted by molar-refractivity contribution is -0.311. The van der Waals surface area contributed by atoms with E-state index in [2.05, 4.69) is 18.7 Å². The topological polar surface area (TPSA) is 69.6 Å². The Morgan fingerprint density at radius 2 is 1.75 bits per heavy atom. The minimum absolute atomic E-state index is 0.101. The summed E-state index contributed by atoms with van der Waals surface area (Å²) in [4.78, 5) is 2.19. The standard InChI is InChI=1S/C21H31NO6/c1-13(2)22(10-11-23)12-15-16-17(18-20(25-16)28-21(3,4)27-18)26-19(24-15)14-8-6-5-7-9-14/h5-9,13,15-20,23H,10-12H2,1-4H3. The second-order valence-corrected chi connectivity index (χ2v) is 8.40. The first-order chi connectivity index (χ1) is 13.4. The predicted octanol–water partition coefficient (Wildman–Crippen LogP) is 2.05. The molecular weight excluding hydrogens is 362 g/mol. The van der Waals surface area contributed by atoms with Crippen molar-refractivity contribution in [3.05, 3.63) is 35.9 Å². The van der Waals surface area contributed by atoms with Gasteiger partial charge in [-0.3, -0.25) is 4.90 Å². The lowest BCUT2D eigenvalue weighted by atomic mass is 10.0. The average molecular weight is 393 g/mol. The van der Waals surface area contributed by atoms with Gasteiger partial charge in [-0.15, -0.1) is 0 Å². The van der Waals surface area contributed by atoms with Crippen LogP contribution in [0.5, 0.6) is 0 Å². The largest absolute Gasteiger partial charge is 0.395 e. The maximum absolute atomic E-state index is 9.44. The fraction of sp³-hybridized carbons (Fsp3) is 0.714. The third-order valence-electron chi connectivity index (χ3n) is 5.58. The van der Waals surface area contributed by atoms with Gasteiger partial charge in [-0.2, -0.15) is 0 Å². The highest BCUT2D eigenvalue weighted by Gasteiger charge is 2.60. The molecule has 1 aromatic carbocycles. The lowest BCUT2D eigenvalue weighted by Gasteiger charge is -2.42. The minimum Gasteiger partial charge on any atom is -0.395 e. The number of hydrogen-bond donors (Lipinski definition) is 1. The predicted molar refractivity (Wildman–Crippen MR) is 101 cm³/mol. The van der Waals surface area contributed by atoms with Crippen molar-refractivity contribution >= 4 is 0 Å². The first-order valence-electron chi connectivity index (χ1n) is 10.1. The Hall–Kier alpha value is -1.06. The van der Waals surface area contributed by atoms with E-state index in [9.17, 15) is 5.11 Å². The molecule has 0 aromatic heterocycles. The molecule has 3 fully saturated rings. The number of aliphatic hydroxyl groups is 1. The van der Waals surface area contributed by atoms with Crippen molar-refractivity contribution in [1.29, 1.82) is 0 Å². The van der Waals surface area contributed by atoms with Crippen LogP contribution in [0.15, 0.2) is 30.3 Å². The molecule has 28 heavy (non-hydrogen) atoms. The third-order valence-corrected chi connectivity index (χ3v) is 5.58. The Morgan fingerprint density at radius 3 is 2.43 bits per heavy atom. The van der Waals surface area contributed by atoms with Gasteiger partial charge in [0, 0.05) is 24.7 Å². The van der Waals surface area contributed by atoms with Crippen LogP contribution in [0.1, 0.15) is 39.5 Å². The van der Waals surface area contributed by atoms with E-state index < -0.39 is 18.4 Å². The Kier molecular flexibility index (Phi) is 5.77. The SMILES string of the molecule is CC(C)N(CCO)CC1OC(c2ccccc2)OC2C1OC1OC(C)(C)OC12. The van der Waals surface area contributed by atoms with Crippen LogP contribution in [0.4, 0.5) is 0 Å². The molecule has 3 aliphatic rings. The van der Waals surface area contributed by atoms with Crippen molar-refractivity contribution in [2.75, 3.05) is 19.7 Å². The Labute approximate surface area is 166 Å². The molecule has 7 heteroatoms. The molecule has 0 bridgehead atoms. The lowest BCUT2D eigenvalue weighted by Crippen LogP contribution is -2.54.